The van der Waals surface area contributed by atoms with Crippen LogP contribution < -0.4 is 5.32 Å². The van der Waals surface area contributed by atoms with Crippen LogP contribution in [0.5, 0.6) is 0 Å². The number of anilines is 1. The van der Waals surface area contributed by atoms with E-state index in [1.165, 1.54) is 5.56 Å². The summed E-state index contributed by atoms with van der Waals surface area (Å²) in [5, 5.41) is 12.5. The second-order valence-corrected chi connectivity index (χ2v) is 7.22. The van der Waals surface area contributed by atoms with E-state index in [-0.39, 0.29) is 5.91 Å². The number of aromatic nitrogens is 1. The van der Waals surface area contributed by atoms with Gasteiger partial charge in [0.2, 0.25) is 5.91 Å². The molecule has 0 saturated heterocycles. The normalized spacial score (nSPS) is 10.6. The molecule has 1 N–H and O–H groups in total. The van der Waals surface area contributed by atoms with Gasteiger partial charge in [-0.1, -0.05) is 30.3 Å². The minimum Gasteiger partial charge on any atom is -0.467 e. The molecule has 5 nitrogen and oxygen atoms in total. The van der Waals surface area contributed by atoms with Gasteiger partial charge in [0.15, 0.2) is 0 Å². The number of nitriles is 1. The number of rotatable bonds is 7. The van der Waals surface area contributed by atoms with Crippen molar-refractivity contribution in [3.05, 3.63) is 76.9 Å². The molecule has 0 fully saturated rings. The van der Waals surface area contributed by atoms with Gasteiger partial charge in [0.1, 0.15) is 17.6 Å². The van der Waals surface area contributed by atoms with E-state index in [2.05, 4.69) is 11.4 Å². The molecule has 2 aromatic heterocycles. The standard InChI is InChI=1S/C21H21N3O2S/c1-15-16(2)24(12-18-9-6-10-26-18)21(19(15)11-22)23-20(25)14-27-13-17-7-4-3-5-8-17/h3-10H,12-14H2,1-2H3,(H,23,25). The summed E-state index contributed by atoms with van der Waals surface area (Å²) in [4.78, 5) is 12.5. The Hall–Kier alpha value is -2.91. The summed E-state index contributed by atoms with van der Waals surface area (Å²) < 4.78 is 7.35. The lowest BCUT2D eigenvalue weighted by molar-refractivity contribution is -0.113. The molecule has 1 aromatic carbocycles. The number of nitrogens with zero attached hydrogens (tertiary/aromatic N) is 2. The Labute approximate surface area is 163 Å². The van der Waals surface area contributed by atoms with Gasteiger partial charge >= 0.3 is 0 Å². The SMILES string of the molecule is Cc1c(C#N)c(NC(=O)CSCc2ccccc2)n(Cc2ccco2)c1C. The number of hydrogen-bond acceptors (Lipinski definition) is 4. The third-order valence-electron chi connectivity index (χ3n) is 4.44. The van der Waals surface area contributed by atoms with Crippen LogP contribution >= 0.6 is 11.8 Å². The Kier molecular flexibility index (Phi) is 6.05. The summed E-state index contributed by atoms with van der Waals surface area (Å²) in [6, 6.07) is 16.0. The molecule has 0 spiro atoms. The fourth-order valence-corrected chi connectivity index (χ4v) is 3.68. The molecule has 0 aliphatic rings. The number of thioether (sulfide) groups is 1. The predicted molar refractivity (Wildman–Crippen MR) is 108 cm³/mol. The zero-order chi connectivity index (χ0) is 19.2. The lowest BCUT2D eigenvalue weighted by atomic mass is 10.2. The lowest BCUT2D eigenvalue weighted by Crippen LogP contribution is -2.18. The minimum absolute atomic E-state index is 0.120. The zero-order valence-corrected chi connectivity index (χ0v) is 16.2. The molecule has 0 aliphatic carbocycles. The van der Waals surface area contributed by atoms with Crippen LogP contribution in [0.1, 0.15) is 28.1 Å². The quantitative estimate of drug-likeness (QED) is 0.656. The van der Waals surface area contributed by atoms with E-state index < -0.39 is 0 Å². The molecular formula is C21H21N3O2S. The first-order valence-electron chi connectivity index (χ1n) is 8.64. The Morgan fingerprint density at radius 2 is 2.00 bits per heavy atom. The summed E-state index contributed by atoms with van der Waals surface area (Å²) in [6.07, 6.45) is 1.62. The number of nitrogens with one attached hydrogen (secondary N) is 1. The van der Waals surface area contributed by atoms with E-state index in [9.17, 15) is 10.1 Å². The summed E-state index contributed by atoms with van der Waals surface area (Å²) in [6.45, 7) is 4.30. The predicted octanol–water partition coefficient (Wildman–Crippen LogP) is 4.49. The summed E-state index contributed by atoms with van der Waals surface area (Å²) >= 11 is 1.55. The Balaban J connectivity index is 1.72. The monoisotopic (exact) mass is 379 g/mol. The van der Waals surface area contributed by atoms with Crippen LogP contribution in [0, 0.1) is 25.2 Å². The first kappa shape index (κ1) is 18.9. The molecule has 3 rings (SSSR count). The highest BCUT2D eigenvalue weighted by Crippen LogP contribution is 2.27. The van der Waals surface area contributed by atoms with Gasteiger partial charge in [-0.2, -0.15) is 5.26 Å². The van der Waals surface area contributed by atoms with Gasteiger partial charge in [0.05, 0.1) is 24.1 Å². The maximum absolute atomic E-state index is 12.5. The highest BCUT2D eigenvalue weighted by molar-refractivity contribution is 7.99. The average molecular weight is 379 g/mol. The van der Waals surface area contributed by atoms with Gasteiger partial charge in [-0.15, -0.1) is 11.8 Å². The van der Waals surface area contributed by atoms with E-state index in [0.717, 1.165) is 22.8 Å². The number of amides is 1. The van der Waals surface area contributed by atoms with E-state index in [0.29, 0.717) is 23.7 Å². The van der Waals surface area contributed by atoms with Crippen LogP contribution in [0.15, 0.2) is 53.1 Å². The van der Waals surface area contributed by atoms with E-state index in [1.807, 2.05) is 60.9 Å². The van der Waals surface area contributed by atoms with Crippen LogP contribution in [0.3, 0.4) is 0 Å². The van der Waals surface area contributed by atoms with E-state index in [1.54, 1.807) is 18.0 Å². The Morgan fingerprint density at radius 3 is 2.67 bits per heavy atom. The molecule has 27 heavy (non-hydrogen) atoms. The molecule has 1 amide bonds. The van der Waals surface area contributed by atoms with Crippen molar-refractivity contribution in [2.45, 2.75) is 26.1 Å². The second-order valence-electron chi connectivity index (χ2n) is 6.24. The van der Waals surface area contributed by atoms with Crippen molar-refractivity contribution in [3.63, 3.8) is 0 Å². The zero-order valence-electron chi connectivity index (χ0n) is 15.4. The molecule has 3 aromatic rings. The number of carbonyl (C=O) groups excluding carboxylic acids is 1. The largest absolute Gasteiger partial charge is 0.467 e. The fourth-order valence-electron chi connectivity index (χ4n) is 2.89. The molecule has 0 radical (unpaired) electrons. The van der Waals surface area contributed by atoms with Gasteiger partial charge in [-0.05, 0) is 37.1 Å². The van der Waals surface area contributed by atoms with Crippen LogP contribution in [0.25, 0.3) is 0 Å². The molecule has 2 heterocycles. The molecule has 6 heteroatoms. The Bertz CT molecular complexity index is 954. The lowest BCUT2D eigenvalue weighted by Gasteiger charge is -2.12. The number of benzene rings is 1. The van der Waals surface area contributed by atoms with Gasteiger partial charge in [-0.25, -0.2) is 0 Å². The van der Waals surface area contributed by atoms with Gasteiger partial charge in [-0.3, -0.25) is 4.79 Å². The number of furan rings is 1. The average Bonchev–Trinajstić information content (AvgIpc) is 3.26. The first-order chi connectivity index (χ1) is 13.1. The smallest absolute Gasteiger partial charge is 0.235 e. The Morgan fingerprint density at radius 1 is 1.22 bits per heavy atom. The molecule has 0 atom stereocenters. The number of hydrogen-bond donors (Lipinski definition) is 1. The van der Waals surface area contributed by atoms with Crippen molar-refractivity contribution >= 4 is 23.5 Å². The van der Waals surface area contributed by atoms with Gasteiger partial charge in [0.25, 0.3) is 0 Å². The second kappa shape index (κ2) is 8.65. The van der Waals surface area contributed by atoms with Crippen LogP contribution in [-0.4, -0.2) is 16.2 Å². The van der Waals surface area contributed by atoms with E-state index >= 15 is 0 Å². The summed E-state index contributed by atoms with van der Waals surface area (Å²) in [5.74, 6) is 2.28. The van der Waals surface area contributed by atoms with Gasteiger partial charge in [0, 0.05) is 11.4 Å². The van der Waals surface area contributed by atoms with Crippen molar-refractivity contribution in [1.29, 1.82) is 5.26 Å². The maximum atomic E-state index is 12.5. The minimum atomic E-state index is -0.120. The topological polar surface area (TPSA) is 71.0 Å². The van der Waals surface area contributed by atoms with Crippen LogP contribution in [-0.2, 0) is 17.1 Å². The third-order valence-corrected chi connectivity index (χ3v) is 5.44. The molecule has 0 saturated carbocycles. The summed E-state index contributed by atoms with van der Waals surface area (Å²) in [5.41, 5.74) is 3.49. The van der Waals surface area contributed by atoms with Crippen molar-refractivity contribution < 1.29 is 9.21 Å². The fraction of sp³-hybridized carbons (Fsp3) is 0.238. The summed E-state index contributed by atoms with van der Waals surface area (Å²) in [7, 11) is 0. The number of carbonyl (C=O) groups is 1. The van der Waals surface area contributed by atoms with Gasteiger partial charge < -0.3 is 14.3 Å². The van der Waals surface area contributed by atoms with Crippen molar-refractivity contribution in [1.82, 2.24) is 4.57 Å². The van der Waals surface area contributed by atoms with Crippen molar-refractivity contribution in [2.24, 2.45) is 0 Å². The molecule has 0 bridgehead atoms. The van der Waals surface area contributed by atoms with Crippen molar-refractivity contribution in [3.8, 4) is 6.07 Å². The third kappa shape index (κ3) is 4.44. The highest BCUT2D eigenvalue weighted by atomic mass is 32.2. The molecular weight excluding hydrogens is 358 g/mol. The molecule has 138 valence electrons. The first-order valence-corrected chi connectivity index (χ1v) is 9.79. The molecule has 0 unspecified atom stereocenters. The highest BCUT2D eigenvalue weighted by Gasteiger charge is 2.20. The van der Waals surface area contributed by atoms with E-state index in [4.69, 9.17) is 4.42 Å². The molecule has 0 aliphatic heterocycles. The van der Waals surface area contributed by atoms with Crippen molar-refractivity contribution in [2.75, 3.05) is 11.1 Å². The van der Waals surface area contributed by atoms with Crippen LogP contribution in [0.2, 0.25) is 0 Å². The maximum Gasteiger partial charge on any atom is 0.235 e. The van der Waals surface area contributed by atoms with Crippen LogP contribution in [0.4, 0.5) is 5.82 Å².